The maximum atomic E-state index is 12.3. The van der Waals surface area contributed by atoms with Crippen molar-refractivity contribution in [3.63, 3.8) is 0 Å². The van der Waals surface area contributed by atoms with Gasteiger partial charge in [-0.15, -0.1) is 0 Å². The van der Waals surface area contributed by atoms with E-state index in [1.165, 1.54) is 19.3 Å². The molecule has 1 aliphatic carbocycles. The third-order valence-corrected chi connectivity index (χ3v) is 4.58. The summed E-state index contributed by atoms with van der Waals surface area (Å²) in [6.45, 7) is 4.17. The van der Waals surface area contributed by atoms with Crippen molar-refractivity contribution in [2.24, 2.45) is 11.0 Å². The number of amides is 1. The van der Waals surface area contributed by atoms with Crippen molar-refractivity contribution in [2.45, 2.75) is 52.0 Å². The van der Waals surface area contributed by atoms with E-state index < -0.39 is 0 Å². The van der Waals surface area contributed by atoms with Gasteiger partial charge in [0.25, 0.3) is 5.91 Å². The van der Waals surface area contributed by atoms with Crippen molar-refractivity contribution < 1.29 is 4.79 Å². The molecule has 0 unspecified atom stereocenters. The van der Waals surface area contributed by atoms with E-state index in [0.717, 1.165) is 22.3 Å². The highest BCUT2D eigenvalue weighted by Gasteiger charge is 2.19. The van der Waals surface area contributed by atoms with Crippen molar-refractivity contribution >= 4 is 33.2 Å². The Balaban J connectivity index is 1.95. The van der Waals surface area contributed by atoms with Gasteiger partial charge in [0.05, 0.1) is 0 Å². The summed E-state index contributed by atoms with van der Waals surface area (Å²) in [5.41, 5.74) is 4.79. The summed E-state index contributed by atoms with van der Waals surface area (Å²) in [5, 5.41) is 7.62. The van der Waals surface area contributed by atoms with Gasteiger partial charge in [-0.2, -0.15) is 5.10 Å². The average Bonchev–Trinajstić information content (AvgIpc) is 2.51. The molecular formula is C17H24BrN3O. The smallest absolute Gasteiger partial charge is 0.262 e. The van der Waals surface area contributed by atoms with Crippen LogP contribution >= 0.6 is 15.9 Å². The van der Waals surface area contributed by atoms with E-state index in [2.05, 4.69) is 38.7 Å². The largest absolute Gasteiger partial charge is 0.374 e. The molecule has 1 amide bonds. The number of hydrazone groups is 1. The molecule has 5 heteroatoms. The molecule has 1 saturated carbocycles. The van der Waals surface area contributed by atoms with Gasteiger partial charge >= 0.3 is 0 Å². The lowest BCUT2D eigenvalue weighted by atomic mass is 9.89. The lowest BCUT2D eigenvalue weighted by Gasteiger charge is -2.21. The minimum atomic E-state index is -0.280. The van der Waals surface area contributed by atoms with Crippen LogP contribution in [0.1, 0.15) is 46.0 Å². The minimum Gasteiger partial charge on any atom is -0.374 e. The van der Waals surface area contributed by atoms with E-state index in [1.54, 1.807) is 0 Å². The fourth-order valence-corrected chi connectivity index (χ4v) is 3.07. The van der Waals surface area contributed by atoms with Crippen molar-refractivity contribution in [3.8, 4) is 0 Å². The van der Waals surface area contributed by atoms with Crippen LogP contribution in [0.15, 0.2) is 33.8 Å². The van der Waals surface area contributed by atoms with Gasteiger partial charge in [0, 0.05) is 15.9 Å². The molecule has 0 aliphatic heterocycles. The number of carbonyl (C=O) groups is 1. The molecule has 1 fully saturated rings. The Labute approximate surface area is 140 Å². The summed E-state index contributed by atoms with van der Waals surface area (Å²) >= 11 is 3.44. The second-order valence-corrected chi connectivity index (χ2v) is 6.76. The lowest BCUT2D eigenvalue weighted by molar-refractivity contribution is -0.121. The maximum Gasteiger partial charge on any atom is 0.262 e. The van der Waals surface area contributed by atoms with Crippen LogP contribution in [0.2, 0.25) is 0 Å². The fourth-order valence-electron chi connectivity index (χ4n) is 2.67. The molecule has 4 nitrogen and oxygen atoms in total. The Hall–Kier alpha value is -1.36. The normalized spacial score (nSPS) is 21.4. The number of hydrogen-bond donors (Lipinski definition) is 2. The van der Waals surface area contributed by atoms with Crippen LogP contribution in [0.3, 0.4) is 0 Å². The van der Waals surface area contributed by atoms with E-state index in [0.29, 0.717) is 12.3 Å². The van der Waals surface area contributed by atoms with Crippen LogP contribution in [-0.4, -0.2) is 17.7 Å². The monoisotopic (exact) mass is 365 g/mol. The van der Waals surface area contributed by atoms with Gasteiger partial charge in [-0.05, 0) is 49.8 Å². The van der Waals surface area contributed by atoms with Crippen molar-refractivity contribution in [2.75, 3.05) is 5.32 Å². The van der Waals surface area contributed by atoms with Gasteiger partial charge in [0.1, 0.15) is 6.04 Å². The number of rotatable bonds is 5. The Morgan fingerprint density at radius 3 is 2.95 bits per heavy atom. The number of hydrogen-bond acceptors (Lipinski definition) is 3. The molecule has 1 aromatic rings. The molecule has 0 heterocycles. The third-order valence-electron chi connectivity index (χ3n) is 4.09. The highest BCUT2D eigenvalue weighted by atomic mass is 79.9. The first-order valence-electron chi connectivity index (χ1n) is 7.98. The van der Waals surface area contributed by atoms with Gasteiger partial charge in [-0.1, -0.05) is 42.3 Å². The van der Waals surface area contributed by atoms with Crippen LogP contribution in [-0.2, 0) is 4.79 Å². The van der Waals surface area contributed by atoms with E-state index in [9.17, 15) is 4.79 Å². The average molecular weight is 366 g/mol. The molecule has 0 aromatic heterocycles. The van der Waals surface area contributed by atoms with Crippen LogP contribution in [0.25, 0.3) is 0 Å². The van der Waals surface area contributed by atoms with Crippen molar-refractivity contribution in [1.82, 2.24) is 5.43 Å². The summed E-state index contributed by atoms with van der Waals surface area (Å²) in [7, 11) is 0. The number of carbonyl (C=O) groups excluding carboxylic acids is 1. The topological polar surface area (TPSA) is 53.5 Å². The van der Waals surface area contributed by atoms with Gasteiger partial charge < -0.3 is 5.32 Å². The number of nitrogens with one attached hydrogen (secondary N) is 2. The first kappa shape index (κ1) is 17.0. The summed E-state index contributed by atoms with van der Waals surface area (Å²) in [6.07, 6.45) is 5.31. The Kier molecular flexibility index (Phi) is 6.43. The molecular weight excluding hydrogens is 342 g/mol. The number of anilines is 1. The SMILES string of the molecule is CC[C@H](Nc1cccc(Br)c1)C(=O)NN=C1CCCC[C@@H]1C. The lowest BCUT2D eigenvalue weighted by Crippen LogP contribution is -2.37. The summed E-state index contributed by atoms with van der Waals surface area (Å²) < 4.78 is 0.990. The number of nitrogens with zero attached hydrogens (tertiary/aromatic N) is 1. The van der Waals surface area contributed by atoms with Gasteiger partial charge in [0.15, 0.2) is 0 Å². The predicted molar refractivity (Wildman–Crippen MR) is 95.1 cm³/mol. The first-order chi connectivity index (χ1) is 10.6. The van der Waals surface area contributed by atoms with Crippen LogP contribution in [0, 0.1) is 5.92 Å². The standard InChI is InChI=1S/C17H24BrN3O/c1-3-15(19-14-9-6-8-13(18)11-14)17(22)21-20-16-10-5-4-7-12(16)2/h6,8-9,11-12,15,19H,3-5,7,10H2,1-2H3,(H,21,22)/t12-,15-/m0/s1. The number of halogens is 1. The van der Waals surface area contributed by atoms with Crippen molar-refractivity contribution in [3.05, 3.63) is 28.7 Å². The molecule has 0 bridgehead atoms. The molecule has 22 heavy (non-hydrogen) atoms. The molecule has 2 N–H and O–H groups in total. The van der Waals surface area contributed by atoms with Gasteiger partial charge in [-0.3, -0.25) is 4.79 Å². The minimum absolute atomic E-state index is 0.0762. The molecule has 1 aromatic carbocycles. The fraction of sp³-hybridized carbons (Fsp3) is 0.529. The predicted octanol–water partition coefficient (Wildman–Crippen LogP) is 4.32. The summed E-state index contributed by atoms with van der Waals surface area (Å²) in [5.74, 6) is 0.403. The molecule has 2 rings (SSSR count). The van der Waals surface area contributed by atoms with Crippen LogP contribution < -0.4 is 10.7 Å². The van der Waals surface area contributed by atoms with Gasteiger partial charge in [-0.25, -0.2) is 5.43 Å². The first-order valence-corrected chi connectivity index (χ1v) is 8.78. The zero-order valence-corrected chi connectivity index (χ0v) is 14.8. The second kappa shape index (κ2) is 8.32. The van der Waals surface area contributed by atoms with E-state index in [4.69, 9.17) is 0 Å². The molecule has 0 spiro atoms. The molecule has 2 atom stereocenters. The number of benzene rings is 1. The molecule has 0 radical (unpaired) electrons. The Morgan fingerprint density at radius 1 is 1.45 bits per heavy atom. The van der Waals surface area contributed by atoms with Crippen LogP contribution in [0.4, 0.5) is 5.69 Å². The van der Waals surface area contributed by atoms with E-state index >= 15 is 0 Å². The maximum absolute atomic E-state index is 12.3. The zero-order chi connectivity index (χ0) is 15.9. The van der Waals surface area contributed by atoms with Crippen molar-refractivity contribution in [1.29, 1.82) is 0 Å². The van der Waals surface area contributed by atoms with E-state index in [-0.39, 0.29) is 11.9 Å². The highest BCUT2D eigenvalue weighted by molar-refractivity contribution is 9.10. The highest BCUT2D eigenvalue weighted by Crippen LogP contribution is 2.21. The zero-order valence-electron chi connectivity index (χ0n) is 13.2. The molecule has 120 valence electrons. The van der Waals surface area contributed by atoms with Crippen LogP contribution in [0.5, 0.6) is 0 Å². The molecule has 0 saturated heterocycles. The Morgan fingerprint density at radius 2 is 2.27 bits per heavy atom. The second-order valence-electron chi connectivity index (χ2n) is 5.84. The quantitative estimate of drug-likeness (QED) is 0.763. The third kappa shape index (κ3) is 4.83. The molecule has 1 aliphatic rings. The Bertz CT molecular complexity index is 544. The van der Waals surface area contributed by atoms with Gasteiger partial charge in [0.2, 0.25) is 0 Å². The summed E-state index contributed by atoms with van der Waals surface area (Å²) in [6, 6.07) is 7.54. The van der Waals surface area contributed by atoms with E-state index in [1.807, 2.05) is 31.2 Å². The summed E-state index contributed by atoms with van der Waals surface area (Å²) in [4.78, 5) is 12.3.